The van der Waals surface area contributed by atoms with E-state index in [1.165, 1.54) is 11.8 Å². The van der Waals surface area contributed by atoms with E-state index in [2.05, 4.69) is 4.18 Å². The van der Waals surface area contributed by atoms with Crippen LogP contribution in [0.3, 0.4) is 0 Å². The molecule has 8 atom stereocenters. The first-order chi connectivity index (χ1) is 18.2. The van der Waals surface area contributed by atoms with Gasteiger partial charge in [0.25, 0.3) is 0 Å². The summed E-state index contributed by atoms with van der Waals surface area (Å²) in [4.78, 5) is 26.0. The van der Waals surface area contributed by atoms with E-state index in [0.717, 1.165) is 25.7 Å². The van der Waals surface area contributed by atoms with Crippen LogP contribution in [-0.2, 0) is 39.2 Å². The van der Waals surface area contributed by atoms with E-state index in [4.69, 9.17) is 13.9 Å². The summed E-state index contributed by atoms with van der Waals surface area (Å²) in [6.07, 6.45) is 7.02. The Balaban J connectivity index is 1.36. The minimum atomic E-state index is -5.98. The van der Waals surface area contributed by atoms with Gasteiger partial charge in [0.2, 0.25) is 5.79 Å². The van der Waals surface area contributed by atoms with Crippen LogP contribution in [0.25, 0.3) is 0 Å². The van der Waals surface area contributed by atoms with Crippen molar-refractivity contribution in [1.29, 1.82) is 0 Å². The molecule has 214 valence electrons. The Hall–Kier alpha value is -2.02. The molecule has 12 heteroatoms. The Kier molecular flexibility index (Phi) is 6.09. The Labute approximate surface area is 224 Å². The Morgan fingerprint density at radius 1 is 1.15 bits per heavy atom. The molecule has 4 aliphatic carbocycles. The van der Waals surface area contributed by atoms with Gasteiger partial charge in [0, 0.05) is 11.8 Å². The van der Waals surface area contributed by atoms with Crippen molar-refractivity contribution in [2.45, 2.75) is 81.8 Å². The van der Waals surface area contributed by atoms with E-state index in [1.807, 2.05) is 6.92 Å². The maximum Gasteiger partial charge on any atom is 0.523 e. The average Bonchev–Trinajstić information content (AvgIpc) is 3.56. The molecule has 0 unspecified atom stereocenters. The fourth-order valence-corrected chi connectivity index (χ4v) is 8.98. The Morgan fingerprint density at radius 2 is 1.92 bits per heavy atom. The Morgan fingerprint density at radius 3 is 2.62 bits per heavy atom. The van der Waals surface area contributed by atoms with Gasteiger partial charge in [-0.15, -0.1) is 0 Å². The van der Waals surface area contributed by atoms with Gasteiger partial charge in [-0.2, -0.15) is 21.6 Å². The maximum absolute atomic E-state index is 13.9. The zero-order valence-corrected chi connectivity index (χ0v) is 22.5. The van der Waals surface area contributed by atoms with Gasteiger partial charge in [0.15, 0.2) is 22.9 Å². The van der Waals surface area contributed by atoms with Gasteiger partial charge >= 0.3 is 15.6 Å². The van der Waals surface area contributed by atoms with Gasteiger partial charge in [-0.05, 0) is 87.3 Å². The van der Waals surface area contributed by atoms with Crippen LogP contribution in [0.1, 0.15) is 64.6 Å². The molecule has 0 aromatic carbocycles. The molecule has 1 aromatic rings. The highest BCUT2D eigenvalue weighted by Crippen LogP contribution is 2.69. The van der Waals surface area contributed by atoms with Gasteiger partial charge in [-0.25, -0.2) is 0 Å². The number of carbonyl (C=O) groups is 2. The molecule has 1 aliphatic heterocycles. The lowest BCUT2D eigenvalue weighted by Crippen LogP contribution is -2.60. The van der Waals surface area contributed by atoms with Crippen molar-refractivity contribution in [2.75, 3.05) is 6.61 Å². The fourth-order valence-electron chi connectivity index (χ4n) is 8.58. The van der Waals surface area contributed by atoms with Crippen molar-refractivity contribution in [1.82, 2.24) is 0 Å². The summed E-state index contributed by atoms with van der Waals surface area (Å²) in [6.45, 7) is 2.19. The molecule has 8 nitrogen and oxygen atoms in total. The summed E-state index contributed by atoms with van der Waals surface area (Å²) in [5, 5.41) is 0. The number of hydrogen-bond acceptors (Lipinski definition) is 8. The third-order valence-corrected chi connectivity index (χ3v) is 11.2. The van der Waals surface area contributed by atoms with Crippen molar-refractivity contribution in [3.63, 3.8) is 0 Å². The molecule has 6 rings (SSSR count). The molecule has 0 spiro atoms. The number of alkyl halides is 3. The molecule has 0 radical (unpaired) electrons. The lowest BCUT2D eigenvalue weighted by Gasteiger charge is -2.55. The number of ketones is 2. The van der Waals surface area contributed by atoms with Gasteiger partial charge in [0.1, 0.15) is 6.61 Å². The topological polar surface area (TPSA) is 109 Å². The number of ether oxygens (including phenoxy) is 2. The van der Waals surface area contributed by atoms with Crippen molar-refractivity contribution in [2.24, 2.45) is 29.1 Å². The van der Waals surface area contributed by atoms with E-state index in [-0.39, 0.29) is 17.6 Å². The first kappa shape index (κ1) is 27.2. The second kappa shape index (κ2) is 8.74. The monoisotopic (exact) mass is 572 g/mol. The highest BCUT2D eigenvalue weighted by atomic mass is 32.2. The summed E-state index contributed by atoms with van der Waals surface area (Å²) in [6, 6.07) is 3.26. The normalized spacial score (nSPS) is 41.8. The van der Waals surface area contributed by atoms with Crippen LogP contribution < -0.4 is 0 Å². The third kappa shape index (κ3) is 3.84. The number of halogens is 3. The first-order valence-electron chi connectivity index (χ1n) is 13.4. The van der Waals surface area contributed by atoms with E-state index < -0.39 is 50.9 Å². The summed E-state index contributed by atoms with van der Waals surface area (Å²) in [5.41, 5.74) is -7.04. The largest absolute Gasteiger partial charge is 0.523 e. The number of Topliss-reactive ketones (excluding diaryl/α,β-unsaturated/α-hetero) is 1. The van der Waals surface area contributed by atoms with Crippen LogP contribution >= 0.6 is 0 Å². The first-order valence-corrected chi connectivity index (χ1v) is 14.8. The molecule has 3 saturated carbocycles. The molecule has 5 aliphatic rings. The van der Waals surface area contributed by atoms with Crippen LogP contribution in [0.4, 0.5) is 13.2 Å². The second-order valence-electron chi connectivity index (χ2n) is 11.9. The number of furan rings is 1. The Bertz CT molecular complexity index is 1320. The predicted molar refractivity (Wildman–Crippen MR) is 128 cm³/mol. The molecule has 39 heavy (non-hydrogen) atoms. The second-order valence-corrected chi connectivity index (χ2v) is 13.6. The van der Waals surface area contributed by atoms with Gasteiger partial charge < -0.3 is 13.9 Å². The van der Waals surface area contributed by atoms with Crippen LogP contribution in [0, 0.1) is 29.1 Å². The number of rotatable bonds is 5. The fraction of sp³-hybridized carbons (Fsp3) is 0.704. The smallest absolute Gasteiger partial charge is 0.464 e. The lowest BCUT2D eigenvalue weighted by atomic mass is 9.50. The quantitative estimate of drug-likeness (QED) is 0.366. The van der Waals surface area contributed by atoms with Crippen LogP contribution in [0.5, 0.6) is 0 Å². The van der Waals surface area contributed by atoms with E-state index in [9.17, 15) is 31.2 Å². The summed E-state index contributed by atoms with van der Waals surface area (Å²) in [7, 11) is -5.98. The molecule has 4 fully saturated rings. The van der Waals surface area contributed by atoms with Crippen LogP contribution in [0.15, 0.2) is 34.5 Å². The predicted octanol–water partition coefficient (Wildman–Crippen LogP) is 4.79. The SMILES string of the molecule is C[C@@]1(c2ccco2)O[C@@H]2C[C@H]3[C@@H]4CCC5=CC(=O)CC[C@@H]5[C@H]4CC[C@]3(C)[C@]2(C(=O)COS(=O)(=O)C(F)(F)F)O1. The molecular weight excluding hydrogens is 541 g/mol. The standard InChI is InChI=1S/C27H31F3O8S/c1-24-10-9-18-17-8-6-16(31)12-15(17)5-7-19(18)20(24)13-23-26(24,21(32)14-36-39(33,34)27(28,29)30)38-25(2,37-23)22-4-3-11-35-22/h3-4,11-12,17-20,23H,5-10,13-14H2,1-2H3/t17-,18+,19+,20-,23+,24-,25+,26+/m0/s1. The summed E-state index contributed by atoms with van der Waals surface area (Å²) >= 11 is 0. The van der Waals surface area contributed by atoms with E-state index in [0.29, 0.717) is 36.9 Å². The highest BCUT2D eigenvalue weighted by Gasteiger charge is 2.76. The average molecular weight is 573 g/mol. The minimum absolute atomic E-state index is 0.0512. The third-order valence-electron chi connectivity index (χ3n) is 10.2. The number of carbonyl (C=O) groups excluding carboxylic acids is 2. The summed E-state index contributed by atoms with van der Waals surface area (Å²) < 4.78 is 85.0. The minimum Gasteiger partial charge on any atom is -0.464 e. The van der Waals surface area contributed by atoms with Crippen LogP contribution in [0.2, 0.25) is 0 Å². The van der Waals surface area contributed by atoms with Crippen molar-refractivity contribution in [3.05, 3.63) is 35.8 Å². The zero-order valence-electron chi connectivity index (χ0n) is 21.7. The number of allylic oxidation sites excluding steroid dienone is 1. The number of hydrogen-bond donors (Lipinski definition) is 0. The molecule has 1 aromatic heterocycles. The maximum atomic E-state index is 13.9. The van der Waals surface area contributed by atoms with Crippen molar-refractivity contribution in [3.8, 4) is 0 Å². The zero-order chi connectivity index (χ0) is 28.0. The number of fused-ring (bicyclic) bond motifs is 7. The van der Waals surface area contributed by atoms with Crippen molar-refractivity contribution < 1.29 is 49.3 Å². The van der Waals surface area contributed by atoms with Gasteiger partial charge in [-0.3, -0.25) is 13.8 Å². The van der Waals surface area contributed by atoms with E-state index in [1.54, 1.807) is 25.1 Å². The molecule has 0 bridgehead atoms. The van der Waals surface area contributed by atoms with E-state index >= 15 is 0 Å². The molecule has 0 N–H and O–H groups in total. The molecule has 0 amide bonds. The van der Waals surface area contributed by atoms with Crippen molar-refractivity contribution >= 4 is 21.7 Å². The molecule has 2 heterocycles. The lowest BCUT2D eigenvalue weighted by molar-refractivity contribution is -0.234. The summed E-state index contributed by atoms with van der Waals surface area (Å²) in [5.74, 6) is -1.16. The van der Waals surface area contributed by atoms with Gasteiger partial charge in [-0.1, -0.05) is 12.5 Å². The molecule has 1 saturated heterocycles. The highest BCUT2D eigenvalue weighted by molar-refractivity contribution is 7.87. The molecular formula is C27H31F3O8S. The van der Waals surface area contributed by atoms with Gasteiger partial charge in [0.05, 0.1) is 12.4 Å². The van der Waals surface area contributed by atoms with Crippen LogP contribution in [-0.4, -0.2) is 43.8 Å².